The van der Waals surface area contributed by atoms with Crippen molar-refractivity contribution in [2.75, 3.05) is 0 Å². The van der Waals surface area contributed by atoms with E-state index in [2.05, 4.69) is 15.5 Å². The Morgan fingerprint density at radius 1 is 1.45 bits per heavy atom. The van der Waals surface area contributed by atoms with Crippen LogP contribution >= 0.6 is 0 Å². The Labute approximate surface area is 126 Å². The van der Waals surface area contributed by atoms with E-state index in [1.807, 2.05) is 0 Å². The summed E-state index contributed by atoms with van der Waals surface area (Å²) in [5.41, 5.74) is 6.23. The lowest BCUT2D eigenvalue weighted by molar-refractivity contribution is -0.120. The molecule has 1 aliphatic rings. The van der Waals surface area contributed by atoms with Crippen LogP contribution in [0, 0.1) is 5.82 Å². The van der Waals surface area contributed by atoms with Crippen molar-refractivity contribution in [3.05, 3.63) is 47.4 Å². The highest BCUT2D eigenvalue weighted by Crippen LogP contribution is 2.36. The fraction of sp³-hybridized carbons (Fsp3) is 0.400. The lowest BCUT2D eigenvalue weighted by Crippen LogP contribution is -2.44. The number of carbonyl (C=O) groups is 1. The number of hydrogen-bond acceptors (Lipinski definition) is 5. The van der Waals surface area contributed by atoms with Gasteiger partial charge in [0.25, 0.3) is 0 Å². The molecule has 1 heterocycles. The van der Waals surface area contributed by atoms with Gasteiger partial charge in [-0.15, -0.1) is 0 Å². The molecule has 7 heteroatoms. The molecule has 3 N–H and O–H groups in total. The summed E-state index contributed by atoms with van der Waals surface area (Å²) in [5.74, 6) is 0.212. The number of carbonyl (C=O) groups excluding carboxylic acids is 1. The largest absolute Gasteiger partial charge is 0.347 e. The van der Waals surface area contributed by atoms with Crippen LogP contribution in [0.25, 0.3) is 0 Å². The predicted molar refractivity (Wildman–Crippen MR) is 76.0 cm³/mol. The van der Waals surface area contributed by atoms with Crippen LogP contribution in [0.1, 0.15) is 36.5 Å². The number of aromatic nitrogens is 2. The van der Waals surface area contributed by atoms with Gasteiger partial charge < -0.3 is 15.6 Å². The molecule has 0 saturated heterocycles. The molecule has 1 aromatic heterocycles. The standard InChI is InChI=1S/C15H17FN4O2/c16-11-4-1-3-10(7-11)8-12(21)18-9-13-19-14(20-22-13)15(17)5-2-6-15/h1,3-4,7H,2,5-6,8-9,17H2,(H,18,21). The average Bonchev–Trinajstić information content (AvgIpc) is 2.92. The van der Waals surface area contributed by atoms with E-state index in [9.17, 15) is 9.18 Å². The van der Waals surface area contributed by atoms with E-state index >= 15 is 0 Å². The van der Waals surface area contributed by atoms with E-state index in [1.165, 1.54) is 12.1 Å². The summed E-state index contributed by atoms with van der Waals surface area (Å²) < 4.78 is 18.1. The third-order valence-corrected chi connectivity index (χ3v) is 3.85. The third kappa shape index (κ3) is 3.14. The van der Waals surface area contributed by atoms with E-state index in [4.69, 9.17) is 10.3 Å². The van der Waals surface area contributed by atoms with E-state index in [0.717, 1.165) is 19.3 Å². The monoisotopic (exact) mass is 304 g/mol. The molecule has 1 fully saturated rings. The van der Waals surface area contributed by atoms with Crippen molar-refractivity contribution < 1.29 is 13.7 Å². The van der Waals surface area contributed by atoms with Crippen LogP contribution in [0.15, 0.2) is 28.8 Å². The lowest BCUT2D eigenvalue weighted by Gasteiger charge is -2.34. The van der Waals surface area contributed by atoms with Gasteiger partial charge in [-0.1, -0.05) is 17.3 Å². The minimum Gasteiger partial charge on any atom is -0.347 e. The Hall–Kier alpha value is -2.28. The first kappa shape index (κ1) is 14.6. The fourth-order valence-corrected chi connectivity index (χ4v) is 2.38. The Bertz CT molecular complexity index is 682. The minimum atomic E-state index is -0.479. The first-order valence-electron chi connectivity index (χ1n) is 7.18. The van der Waals surface area contributed by atoms with Gasteiger partial charge in [0.2, 0.25) is 11.8 Å². The van der Waals surface area contributed by atoms with Crippen LogP contribution < -0.4 is 11.1 Å². The summed E-state index contributed by atoms with van der Waals surface area (Å²) in [6.07, 6.45) is 2.85. The first-order chi connectivity index (χ1) is 10.5. The Morgan fingerprint density at radius 2 is 2.27 bits per heavy atom. The Balaban J connectivity index is 1.53. The summed E-state index contributed by atoms with van der Waals surface area (Å²) >= 11 is 0. The Morgan fingerprint density at radius 3 is 2.95 bits per heavy atom. The highest BCUT2D eigenvalue weighted by Gasteiger charge is 2.38. The first-order valence-corrected chi connectivity index (χ1v) is 7.18. The highest BCUT2D eigenvalue weighted by atomic mass is 19.1. The molecule has 0 spiro atoms. The minimum absolute atomic E-state index is 0.0968. The molecule has 1 amide bonds. The van der Waals surface area contributed by atoms with Crippen LogP contribution in [0.4, 0.5) is 4.39 Å². The molecule has 0 bridgehead atoms. The predicted octanol–water partition coefficient (Wildman–Crippen LogP) is 1.41. The third-order valence-electron chi connectivity index (χ3n) is 3.85. The summed E-state index contributed by atoms with van der Waals surface area (Å²) in [6.45, 7) is 0.136. The number of halogens is 1. The number of hydrogen-bond donors (Lipinski definition) is 2. The summed E-state index contributed by atoms with van der Waals surface area (Å²) in [7, 11) is 0. The van der Waals surface area contributed by atoms with Gasteiger partial charge in [0.1, 0.15) is 5.82 Å². The van der Waals surface area contributed by atoms with Gasteiger partial charge in [-0.05, 0) is 37.0 Å². The topological polar surface area (TPSA) is 94.0 Å². The number of nitrogens with zero attached hydrogens (tertiary/aromatic N) is 2. The van der Waals surface area contributed by atoms with Gasteiger partial charge in [-0.3, -0.25) is 4.79 Å². The molecule has 2 aromatic rings. The molecule has 3 rings (SSSR count). The van der Waals surface area contributed by atoms with Crippen molar-refractivity contribution in [2.45, 2.75) is 37.8 Å². The highest BCUT2D eigenvalue weighted by molar-refractivity contribution is 5.78. The maximum absolute atomic E-state index is 13.0. The number of nitrogens with two attached hydrogens (primary N) is 1. The molecule has 1 aliphatic carbocycles. The van der Waals surface area contributed by atoms with Gasteiger partial charge in [-0.25, -0.2) is 4.39 Å². The van der Waals surface area contributed by atoms with Crippen LogP contribution in [0.2, 0.25) is 0 Å². The van der Waals surface area contributed by atoms with E-state index in [-0.39, 0.29) is 24.7 Å². The van der Waals surface area contributed by atoms with Crippen molar-refractivity contribution in [3.63, 3.8) is 0 Å². The van der Waals surface area contributed by atoms with Crippen LogP contribution in [0.3, 0.4) is 0 Å². The van der Waals surface area contributed by atoms with E-state index in [1.54, 1.807) is 12.1 Å². The lowest BCUT2D eigenvalue weighted by atomic mass is 9.77. The molecule has 1 saturated carbocycles. The number of rotatable bonds is 5. The second-order valence-corrected chi connectivity index (χ2v) is 5.60. The number of nitrogens with one attached hydrogen (secondary N) is 1. The number of amides is 1. The van der Waals surface area contributed by atoms with Crippen molar-refractivity contribution in [1.29, 1.82) is 0 Å². The average molecular weight is 304 g/mol. The summed E-state index contributed by atoms with van der Waals surface area (Å²) in [5, 5.41) is 6.54. The molecular weight excluding hydrogens is 287 g/mol. The number of benzene rings is 1. The zero-order chi connectivity index (χ0) is 15.6. The van der Waals surface area contributed by atoms with Gasteiger partial charge in [0.15, 0.2) is 5.82 Å². The van der Waals surface area contributed by atoms with Crippen LogP contribution in [0.5, 0.6) is 0 Å². The second-order valence-electron chi connectivity index (χ2n) is 5.60. The molecule has 6 nitrogen and oxygen atoms in total. The molecule has 0 unspecified atom stereocenters. The van der Waals surface area contributed by atoms with Gasteiger partial charge >= 0.3 is 0 Å². The van der Waals surface area contributed by atoms with E-state index in [0.29, 0.717) is 17.3 Å². The maximum Gasteiger partial charge on any atom is 0.246 e. The molecule has 0 atom stereocenters. The van der Waals surface area contributed by atoms with Crippen molar-refractivity contribution in [3.8, 4) is 0 Å². The van der Waals surface area contributed by atoms with Crippen LogP contribution in [-0.4, -0.2) is 16.0 Å². The SMILES string of the molecule is NC1(c2noc(CNC(=O)Cc3cccc(F)c3)n2)CCC1. The molecule has 1 aromatic carbocycles. The summed E-state index contributed by atoms with van der Waals surface area (Å²) in [4.78, 5) is 16.0. The Kier molecular flexibility index (Phi) is 3.89. The van der Waals surface area contributed by atoms with Crippen molar-refractivity contribution >= 4 is 5.91 Å². The maximum atomic E-state index is 13.0. The molecular formula is C15H17FN4O2. The normalized spacial score (nSPS) is 16.1. The van der Waals surface area contributed by atoms with Gasteiger partial charge in [-0.2, -0.15) is 4.98 Å². The van der Waals surface area contributed by atoms with Crippen molar-refractivity contribution in [2.24, 2.45) is 5.73 Å². The zero-order valence-corrected chi connectivity index (χ0v) is 12.0. The second kappa shape index (κ2) is 5.84. The quantitative estimate of drug-likeness (QED) is 0.871. The fourth-order valence-electron chi connectivity index (χ4n) is 2.38. The van der Waals surface area contributed by atoms with Crippen molar-refractivity contribution in [1.82, 2.24) is 15.5 Å². The smallest absolute Gasteiger partial charge is 0.246 e. The van der Waals surface area contributed by atoms with Gasteiger partial charge in [0, 0.05) is 0 Å². The van der Waals surface area contributed by atoms with Gasteiger partial charge in [0.05, 0.1) is 18.5 Å². The molecule has 0 radical (unpaired) electrons. The molecule has 0 aliphatic heterocycles. The molecule has 116 valence electrons. The van der Waals surface area contributed by atoms with E-state index < -0.39 is 5.54 Å². The van der Waals surface area contributed by atoms with Crippen LogP contribution in [-0.2, 0) is 23.3 Å². The summed E-state index contributed by atoms with van der Waals surface area (Å²) in [6, 6.07) is 5.94. The molecule has 22 heavy (non-hydrogen) atoms. The zero-order valence-electron chi connectivity index (χ0n) is 12.0.